The van der Waals surface area contributed by atoms with Crippen molar-refractivity contribution in [3.8, 4) is 0 Å². The molecule has 0 heterocycles. The zero-order valence-electron chi connectivity index (χ0n) is 12.2. The third-order valence-electron chi connectivity index (χ3n) is 2.83. The summed E-state index contributed by atoms with van der Waals surface area (Å²) >= 11 is 0. The van der Waals surface area contributed by atoms with Crippen LogP contribution in [0.3, 0.4) is 0 Å². The van der Waals surface area contributed by atoms with Crippen molar-refractivity contribution in [2.75, 3.05) is 13.6 Å². The van der Waals surface area contributed by atoms with E-state index < -0.39 is 6.04 Å². The van der Waals surface area contributed by atoms with Gasteiger partial charge in [-0.05, 0) is 25.7 Å². The molecule has 2 amide bonds. The highest BCUT2D eigenvalue weighted by atomic mass is 16.2. The van der Waals surface area contributed by atoms with Gasteiger partial charge in [0.25, 0.3) is 0 Å². The molecule has 0 aliphatic heterocycles. The van der Waals surface area contributed by atoms with E-state index in [9.17, 15) is 9.59 Å². The van der Waals surface area contributed by atoms with Crippen LogP contribution in [0.25, 0.3) is 0 Å². The number of amides is 2. The summed E-state index contributed by atoms with van der Waals surface area (Å²) in [6.45, 7) is 8.39. The van der Waals surface area contributed by atoms with Crippen LogP contribution in [-0.4, -0.2) is 37.5 Å². The van der Waals surface area contributed by atoms with E-state index in [2.05, 4.69) is 22.9 Å². The Kier molecular flexibility index (Phi) is 8.37. The molecular weight excluding hydrogens is 230 g/mol. The Balaban J connectivity index is 4.22. The lowest BCUT2D eigenvalue weighted by Gasteiger charge is -2.20. The summed E-state index contributed by atoms with van der Waals surface area (Å²) in [6, 6.07) is -0.138. The van der Waals surface area contributed by atoms with Gasteiger partial charge in [-0.25, -0.2) is 0 Å². The number of nitrogens with one attached hydrogen (secondary N) is 3. The molecule has 5 heteroatoms. The molecule has 0 aliphatic rings. The van der Waals surface area contributed by atoms with E-state index in [0.717, 1.165) is 6.42 Å². The third-order valence-corrected chi connectivity index (χ3v) is 2.83. The fourth-order valence-corrected chi connectivity index (χ4v) is 1.53. The minimum atomic E-state index is -0.443. The molecule has 0 saturated heterocycles. The minimum Gasteiger partial charge on any atom is -0.357 e. The van der Waals surface area contributed by atoms with Crippen molar-refractivity contribution in [2.45, 2.75) is 52.6 Å². The lowest BCUT2D eigenvalue weighted by Crippen LogP contribution is -2.49. The monoisotopic (exact) mass is 257 g/mol. The summed E-state index contributed by atoms with van der Waals surface area (Å²) < 4.78 is 0. The Morgan fingerprint density at radius 2 is 1.78 bits per heavy atom. The average molecular weight is 257 g/mol. The lowest BCUT2D eigenvalue weighted by molar-refractivity contribution is -0.128. The molecule has 0 aromatic rings. The molecule has 18 heavy (non-hydrogen) atoms. The Hall–Kier alpha value is -1.10. The number of likely N-dealkylation sites (N-methyl/N-ethyl adjacent to an activating group) is 1. The molecule has 0 spiro atoms. The van der Waals surface area contributed by atoms with E-state index in [0.29, 0.717) is 18.4 Å². The third kappa shape index (κ3) is 7.27. The summed E-state index contributed by atoms with van der Waals surface area (Å²) in [6.07, 6.45) is 1.62. The van der Waals surface area contributed by atoms with Crippen LogP contribution in [0.4, 0.5) is 0 Å². The maximum absolute atomic E-state index is 11.7. The van der Waals surface area contributed by atoms with Crippen LogP contribution in [0.2, 0.25) is 0 Å². The summed E-state index contributed by atoms with van der Waals surface area (Å²) in [4.78, 5) is 23.4. The normalized spacial score (nSPS) is 14.1. The molecular formula is C13H27N3O2. The van der Waals surface area contributed by atoms with Gasteiger partial charge in [-0.3, -0.25) is 9.59 Å². The number of hydrogen-bond acceptors (Lipinski definition) is 3. The van der Waals surface area contributed by atoms with Gasteiger partial charge in [0.15, 0.2) is 0 Å². The number of carbonyl (C=O) groups is 2. The van der Waals surface area contributed by atoms with Crippen LogP contribution in [0, 0.1) is 5.92 Å². The van der Waals surface area contributed by atoms with Crippen molar-refractivity contribution in [3.63, 3.8) is 0 Å². The van der Waals surface area contributed by atoms with E-state index in [-0.39, 0.29) is 18.4 Å². The highest BCUT2D eigenvalue weighted by Gasteiger charge is 2.20. The number of rotatable bonds is 8. The first-order valence-corrected chi connectivity index (χ1v) is 6.65. The summed E-state index contributed by atoms with van der Waals surface area (Å²) in [5.41, 5.74) is 0. The van der Waals surface area contributed by atoms with Gasteiger partial charge in [0.2, 0.25) is 11.8 Å². The van der Waals surface area contributed by atoms with Crippen molar-refractivity contribution in [1.29, 1.82) is 0 Å². The van der Waals surface area contributed by atoms with Gasteiger partial charge in [-0.1, -0.05) is 20.8 Å². The molecule has 0 aliphatic carbocycles. The van der Waals surface area contributed by atoms with Crippen LogP contribution >= 0.6 is 0 Å². The molecule has 0 aromatic carbocycles. The number of hydrogen-bond donors (Lipinski definition) is 3. The highest BCUT2D eigenvalue weighted by molar-refractivity contribution is 5.88. The van der Waals surface area contributed by atoms with Gasteiger partial charge in [0.05, 0.1) is 6.54 Å². The second-order valence-corrected chi connectivity index (χ2v) is 5.05. The zero-order chi connectivity index (χ0) is 14.1. The topological polar surface area (TPSA) is 70.2 Å². The highest BCUT2D eigenvalue weighted by Crippen LogP contribution is 2.04. The number of carbonyl (C=O) groups excluding carboxylic acids is 2. The van der Waals surface area contributed by atoms with E-state index in [1.54, 1.807) is 7.05 Å². The quantitative estimate of drug-likeness (QED) is 0.598. The van der Waals surface area contributed by atoms with Gasteiger partial charge in [0.1, 0.15) is 6.04 Å². The average Bonchev–Trinajstić information content (AvgIpc) is 2.33. The van der Waals surface area contributed by atoms with E-state index in [1.807, 2.05) is 20.8 Å². The maximum atomic E-state index is 11.7. The Bertz CT molecular complexity index is 267. The Morgan fingerprint density at radius 3 is 2.22 bits per heavy atom. The smallest absolute Gasteiger partial charge is 0.242 e. The second kappa shape index (κ2) is 8.91. The van der Waals surface area contributed by atoms with Crippen molar-refractivity contribution in [2.24, 2.45) is 5.92 Å². The molecule has 0 fully saturated rings. The fourth-order valence-electron chi connectivity index (χ4n) is 1.53. The second-order valence-electron chi connectivity index (χ2n) is 5.05. The van der Waals surface area contributed by atoms with Gasteiger partial charge >= 0.3 is 0 Å². The molecule has 3 N–H and O–H groups in total. The van der Waals surface area contributed by atoms with Crippen molar-refractivity contribution >= 4 is 11.8 Å². The van der Waals surface area contributed by atoms with Crippen molar-refractivity contribution < 1.29 is 9.59 Å². The zero-order valence-corrected chi connectivity index (χ0v) is 12.2. The van der Waals surface area contributed by atoms with Crippen LogP contribution < -0.4 is 16.0 Å². The first-order chi connectivity index (χ1) is 8.40. The molecule has 0 aromatic heterocycles. The molecule has 2 unspecified atom stereocenters. The van der Waals surface area contributed by atoms with Crippen LogP contribution in [-0.2, 0) is 9.59 Å². The molecule has 5 nitrogen and oxygen atoms in total. The molecule has 2 atom stereocenters. The molecule has 0 bridgehead atoms. The predicted molar refractivity (Wildman–Crippen MR) is 73.2 cm³/mol. The SMILES string of the molecule is CCC(C)NCC(=O)NC(CC(C)C)C(=O)NC. The fraction of sp³-hybridized carbons (Fsp3) is 0.846. The maximum Gasteiger partial charge on any atom is 0.242 e. The summed E-state index contributed by atoms with van der Waals surface area (Å²) in [5, 5.41) is 8.45. The standard InChI is InChI=1S/C13H27N3O2/c1-6-10(4)15-8-12(17)16-11(7-9(2)3)13(18)14-5/h9-11,15H,6-8H2,1-5H3,(H,14,18)(H,16,17). The molecule has 0 radical (unpaired) electrons. The largest absolute Gasteiger partial charge is 0.357 e. The predicted octanol–water partition coefficient (Wildman–Crippen LogP) is 0.651. The van der Waals surface area contributed by atoms with E-state index in [1.165, 1.54) is 0 Å². The first kappa shape index (κ1) is 16.9. The van der Waals surface area contributed by atoms with Crippen LogP contribution in [0.1, 0.15) is 40.5 Å². The van der Waals surface area contributed by atoms with E-state index in [4.69, 9.17) is 0 Å². The van der Waals surface area contributed by atoms with Gasteiger partial charge < -0.3 is 16.0 Å². The molecule has 0 saturated carbocycles. The van der Waals surface area contributed by atoms with Crippen molar-refractivity contribution in [1.82, 2.24) is 16.0 Å². The first-order valence-electron chi connectivity index (χ1n) is 6.65. The van der Waals surface area contributed by atoms with Gasteiger partial charge in [-0.2, -0.15) is 0 Å². The van der Waals surface area contributed by atoms with Gasteiger partial charge in [0, 0.05) is 13.1 Å². The Labute approximate surface area is 110 Å². The summed E-state index contributed by atoms with van der Waals surface area (Å²) in [5.74, 6) is 0.0836. The lowest BCUT2D eigenvalue weighted by atomic mass is 10.0. The van der Waals surface area contributed by atoms with Crippen LogP contribution in [0.15, 0.2) is 0 Å². The minimum absolute atomic E-state index is 0.135. The van der Waals surface area contributed by atoms with Gasteiger partial charge in [-0.15, -0.1) is 0 Å². The molecule has 0 rings (SSSR count). The Morgan fingerprint density at radius 1 is 1.17 bits per heavy atom. The molecule has 106 valence electrons. The summed E-state index contributed by atoms with van der Waals surface area (Å²) in [7, 11) is 1.58. The van der Waals surface area contributed by atoms with Crippen LogP contribution in [0.5, 0.6) is 0 Å². The van der Waals surface area contributed by atoms with E-state index >= 15 is 0 Å². The van der Waals surface area contributed by atoms with Crippen molar-refractivity contribution in [3.05, 3.63) is 0 Å².